The maximum Gasteiger partial charge on any atom is 0.251 e. The Hall–Kier alpha value is -2.63. The summed E-state index contributed by atoms with van der Waals surface area (Å²) in [6.07, 6.45) is 5.27. The van der Waals surface area contributed by atoms with E-state index in [1.54, 1.807) is 36.8 Å². The Labute approximate surface area is 142 Å². The first-order valence-electron chi connectivity index (χ1n) is 7.94. The highest BCUT2D eigenvalue weighted by atomic mass is 16.2. The lowest BCUT2D eigenvalue weighted by atomic mass is 9.95. The Morgan fingerprint density at radius 3 is 2.67 bits per heavy atom. The number of nitrogens with one attached hydrogen (secondary N) is 2. The molecular formula is C18H24N4O2. The van der Waals surface area contributed by atoms with Gasteiger partial charge < -0.3 is 15.2 Å². The normalized spacial score (nSPS) is 12.5. The van der Waals surface area contributed by atoms with Crippen LogP contribution < -0.4 is 10.6 Å². The van der Waals surface area contributed by atoms with Gasteiger partial charge in [0.1, 0.15) is 0 Å². The third-order valence-corrected chi connectivity index (χ3v) is 3.49. The largest absolute Gasteiger partial charge is 0.348 e. The van der Waals surface area contributed by atoms with Crippen molar-refractivity contribution in [1.29, 1.82) is 0 Å². The van der Waals surface area contributed by atoms with Crippen LogP contribution in [-0.4, -0.2) is 27.4 Å². The lowest BCUT2D eigenvalue weighted by Crippen LogP contribution is -2.35. The van der Waals surface area contributed by atoms with Gasteiger partial charge >= 0.3 is 0 Å². The summed E-state index contributed by atoms with van der Waals surface area (Å²) >= 11 is 0. The molecule has 0 bridgehead atoms. The Balaban J connectivity index is 1.99. The molecule has 0 radical (unpaired) electrons. The molecule has 6 heteroatoms. The van der Waals surface area contributed by atoms with Gasteiger partial charge in [0.15, 0.2) is 0 Å². The van der Waals surface area contributed by atoms with Crippen LogP contribution in [0.25, 0.3) is 0 Å². The molecule has 0 saturated heterocycles. The summed E-state index contributed by atoms with van der Waals surface area (Å²) in [7, 11) is 0. The molecule has 128 valence electrons. The Bertz CT molecular complexity index is 702. The van der Waals surface area contributed by atoms with E-state index in [1.807, 2.05) is 38.5 Å². The average molecular weight is 328 g/mol. The van der Waals surface area contributed by atoms with Crippen molar-refractivity contribution in [3.8, 4) is 0 Å². The Kier molecular flexibility index (Phi) is 5.39. The summed E-state index contributed by atoms with van der Waals surface area (Å²) < 4.78 is 1.91. The molecule has 0 aliphatic heterocycles. The van der Waals surface area contributed by atoms with Crippen molar-refractivity contribution in [3.05, 3.63) is 48.5 Å². The van der Waals surface area contributed by atoms with Crippen LogP contribution in [0, 0.1) is 5.41 Å². The highest BCUT2D eigenvalue weighted by Gasteiger charge is 2.21. The number of nitrogens with zero attached hydrogens (tertiary/aromatic N) is 2. The molecule has 0 aliphatic carbocycles. The standard InChI is InChI=1S/C18H24N4O2/c1-13(11-22-9-8-19-12-22)20-16(23)14-6-5-7-15(10-14)21-17(24)18(2,3)4/h5-10,12-13H,11H2,1-4H3,(H,20,23)(H,21,24)/t13-/m0/s1. The highest BCUT2D eigenvalue weighted by Crippen LogP contribution is 2.18. The zero-order valence-corrected chi connectivity index (χ0v) is 14.5. The van der Waals surface area contributed by atoms with E-state index in [0.717, 1.165) is 0 Å². The third kappa shape index (κ3) is 4.94. The van der Waals surface area contributed by atoms with Crippen molar-refractivity contribution in [1.82, 2.24) is 14.9 Å². The van der Waals surface area contributed by atoms with E-state index >= 15 is 0 Å². The molecule has 0 spiro atoms. The Morgan fingerprint density at radius 2 is 2.04 bits per heavy atom. The fourth-order valence-corrected chi connectivity index (χ4v) is 2.12. The fraction of sp³-hybridized carbons (Fsp3) is 0.389. The lowest BCUT2D eigenvalue weighted by Gasteiger charge is -2.18. The third-order valence-electron chi connectivity index (χ3n) is 3.49. The van der Waals surface area contributed by atoms with Gasteiger partial charge in [-0.05, 0) is 25.1 Å². The molecule has 1 aromatic heterocycles. The van der Waals surface area contributed by atoms with E-state index in [2.05, 4.69) is 15.6 Å². The summed E-state index contributed by atoms with van der Waals surface area (Å²) in [6, 6.07) is 6.90. The zero-order chi connectivity index (χ0) is 17.7. The molecule has 0 aliphatic rings. The number of benzene rings is 1. The lowest BCUT2D eigenvalue weighted by molar-refractivity contribution is -0.123. The molecule has 2 aromatic rings. The molecule has 0 unspecified atom stereocenters. The van der Waals surface area contributed by atoms with E-state index in [-0.39, 0.29) is 17.9 Å². The summed E-state index contributed by atoms with van der Waals surface area (Å²) in [6.45, 7) is 8.11. The molecule has 1 heterocycles. The summed E-state index contributed by atoms with van der Waals surface area (Å²) in [5, 5.41) is 5.78. The van der Waals surface area contributed by atoms with Crippen molar-refractivity contribution < 1.29 is 9.59 Å². The number of anilines is 1. The molecule has 1 aromatic carbocycles. The van der Waals surface area contributed by atoms with Gasteiger partial charge in [0.2, 0.25) is 5.91 Å². The number of hydrogen-bond acceptors (Lipinski definition) is 3. The summed E-state index contributed by atoms with van der Waals surface area (Å²) in [4.78, 5) is 28.4. The second-order valence-electron chi connectivity index (χ2n) is 6.92. The van der Waals surface area contributed by atoms with Gasteiger partial charge in [0, 0.05) is 41.6 Å². The van der Waals surface area contributed by atoms with Gasteiger partial charge in [-0.1, -0.05) is 26.8 Å². The molecule has 2 amide bonds. The van der Waals surface area contributed by atoms with Crippen LogP contribution >= 0.6 is 0 Å². The molecule has 1 atom stereocenters. The number of carbonyl (C=O) groups is 2. The zero-order valence-electron chi connectivity index (χ0n) is 14.5. The number of carbonyl (C=O) groups excluding carboxylic acids is 2. The fourth-order valence-electron chi connectivity index (χ4n) is 2.12. The first kappa shape index (κ1) is 17.7. The second-order valence-corrected chi connectivity index (χ2v) is 6.92. The van der Waals surface area contributed by atoms with E-state index in [1.165, 1.54) is 0 Å². The van der Waals surface area contributed by atoms with E-state index in [4.69, 9.17) is 0 Å². The van der Waals surface area contributed by atoms with E-state index in [0.29, 0.717) is 17.8 Å². The topological polar surface area (TPSA) is 76.0 Å². The number of aromatic nitrogens is 2. The van der Waals surface area contributed by atoms with Gasteiger partial charge in [-0.15, -0.1) is 0 Å². The van der Waals surface area contributed by atoms with Gasteiger partial charge in [-0.25, -0.2) is 4.98 Å². The van der Waals surface area contributed by atoms with Crippen molar-refractivity contribution in [2.75, 3.05) is 5.32 Å². The van der Waals surface area contributed by atoms with Crippen LogP contribution in [0.1, 0.15) is 38.1 Å². The monoisotopic (exact) mass is 328 g/mol. The molecule has 0 fully saturated rings. The van der Waals surface area contributed by atoms with Gasteiger partial charge in [0.05, 0.1) is 6.33 Å². The van der Waals surface area contributed by atoms with Crippen molar-refractivity contribution in [2.24, 2.45) is 5.41 Å². The average Bonchev–Trinajstić information content (AvgIpc) is 2.99. The predicted molar refractivity (Wildman–Crippen MR) is 93.7 cm³/mol. The molecule has 2 rings (SSSR count). The highest BCUT2D eigenvalue weighted by molar-refractivity contribution is 5.98. The van der Waals surface area contributed by atoms with Crippen LogP contribution in [0.3, 0.4) is 0 Å². The number of imidazole rings is 1. The van der Waals surface area contributed by atoms with Crippen molar-refractivity contribution in [3.63, 3.8) is 0 Å². The minimum absolute atomic E-state index is 0.0421. The van der Waals surface area contributed by atoms with Crippen LogP contribution in [0.2, 0.25) is 0 Å². The molecule has 24 heavy (non-hydrogen) atoms. The molecular weight excluding hydrogens is 304 g/mol. The first-order chi connectivity index (χ1) is 11.3. The first-order valence-corrected chi connectivity index (χ1v) is 7.94. The minimum atomic E-state index is -0.489. The predicted octanol–water partition coefficient (Wildman–Crippen LogP) is 2.69. The van der Waals surface area contributed by atoms with Crippen molar-refractivity contribution in [2.45, 2.75) is 40.3 Å². The summed E-state index contributed by atoms with van der Waals surface area (Å²) in [5.41, 5.74) is 0.640. The van der Waals surface area contributed by atoms with Crippen LogP contribution in [0.15, 0.2) is 43.0 Å². The van der Waals surface area contributed by atoms with E-state index < -0.39 is 5.41 Å². The maximum absolute atomic E-state index is 12.4. The maximum atomic E-state index is 12.4. The van der Waals surface area contributed by atoms with E-state index in [9.17, 15) is 9.59 Å². The molecule has 2 N–H and O–H groups in total. The van der Waals surface area contributed by atoms with Crippen molar-refractivity contribution >= 4 is 17.5 Å². The molecule has 6 nitrogen and oxygen atoms in total. The van der Waals surface area contributed by atoms with Crippen LogP contribution in [0.5, 0.6) is 0 Å². The molecule has 0 saturated carbocycles. The SMILES string of the molecule is C[C@@H](Cn1ccnc1)NC(=O)c1cccc(NC(=O)C(C)(C)C)c1. The smallest absolute Gasteiger partial charge is 0.251 e. The second kappa shape index (κ2) is 7.29. The quantitative estimate of drug-likeness (QED) is 0.886. The Morgan fingerprint density at radius 1 is 1.29 bits per heavy atom. The minimum Gasteiger partial charge on any atom is -0.348 e. The van der Waals surface area contributed by atoms with Gasteiger partial charge in [-0.2, -0.15) is 0 Å². The number of hydrogen-bond donors (Lipinski definition) is 2. The van der Waals surface area contributed by atoms with Gasteiger partial charge in [0.25, 0.3) is 5.91 Å². The number of rotatable bonds is 5. The number of amides is 2. The van der Waals surface area contributed by atoms with Crippen LogP contribution in [-0.2, 0) is 11.3 Å². The summed E-state index contributed by atoms with van der Waals surface area (Å²) in [5.74, 6) is -0.261. The van der Waals surface area contributed by atoms with Gasteiger partial charge in [-0.3, -0.25) is 9.59 Å². The van der Waals surface area contributed by atoms with Crippen LogP contribution in [0.4, 0.5) is 5.69 Å².